The molecule has 0 unspecified atom stereocenters. The van der Waals surface area contributed by atoms with Crippen LogP contribution in [0.25, 0.3) is 0 Å². The third kappa shape index (κ3) is 2.15. The highest BCUT2D eigenvalue weighted by atomic mass is 35.5. The molecule has 2 heteroatoms. The maximum Gasteiger partial charge on any atom is 0.120 e. The SMILES string of the molecule is Clc1cccc(OCC2CC2)c1. The van der Waals surface area contributed by atoms with Crippen molar-refractivity contribution in [2.45, 2.75) is 12.8 Å². The Morgan fingerprint density at radius 2 is 2.25 bits per heavy atom. The van der Waals surface area contributed by atoms with E-state index in [0.717, 1.165) is 23.3 Å². The molecule has 0 radical (unpaired) electrons. The molecule has 64 valence electrons. The molecule has 0 aliphatic heterocycles. The summed E-state index contributed by atoms with van der Waals surface area (Å²) in [5, 5.41) is 0.739. The molecule has 0 bridgehead atoms. The summed E-state index contributed by atoms with van der Waals surface area (Å²) < 4.78 is 5.53. The van der Waals surface area contributed by atoms with E-state index in [1.165, 1.54) is 12.8 Å². The normalized spacial score (nSPS) is 16.1. The van der Waals surface area contributed by atoms with Crippen LogP contribution >= 0.6 is 11.6 Å². The van der Waals surface area contributed by atoms with Crippen molar-refractivity contribution in [3.05, 3.63) is 29.3 Å². The highest BCUT2D eigenvalue weighted by Crippen LogP contribution is 2.29. The third-order valence-electron chi connectivity index (χ3n) is 1.98. The molecular weight excluding hydrogens is 172 g/mol. The molecule has 1 saturated carbocycles. The molecule has 0 heterocycles. The Bertz CT molecular complexity index is 268. The number of rotatable bonds is 3. The van der Waals surface area contributed by atoms with Gasteiger partial charge in [-0.3, -0.25) is 0 Å². The van der Waals surface area contributed by atoms with Gasteiger partial charge in [0.05, 0.1) is 6.61 Å². The van der Waals surface area contributed by atoms with Crippen molar-refractivity contribution in [3.63, 3.8) is 0 Å². The Labute approximate surface area is 77.3 Å². The van der Waals surface area contributed by atoms with Gasteiger partial charge in [-0.2, -0.15) is 0 Å². The summed E-state index contributed by atoms with van der Waals surface area (Å²) >= 11 is 5.80. The van der Waals surface area contributed by atoms with E-state index >= 15 is 0 Å². The topological polar surface area (TPSA) is 9.23 Å². The van der Waals surface area contributed by atoms with Crippen molar-refractivity contribution >= 4 is 11.6 Å². The fraction of sp³-hybridized carbons (Fsp3) is 0.400. The van der Waals surface area contributed by atoms with Gasteiger partial charge in [-0.05, 0) is 37.0 Å². The lowest BCUT2D eigenvalue weighted by Crippen LogP contribution is -1.98. The zero-order valence-corrected chi connectivity index (χ0v) is 7.55. The molecule has 1 nitrogen and oxygen atoms in total. The number of halogens is 1. The van der Waals surface area contributed by atoms with E-state index in [9.17, 15) is 0 Å². The van der Waals surface area contributed by atoms with Crippen LogP contribution in [0, 0.1) is 5.92 Å². The van der Waals surface area contributed by atoms with Crippen LogP contribution in [-0.2, 0) is 0 Å². The highest BCUT2D eigenvalue weighted by molar-refractivity contribution is 6.30. The van der Waals surface area contributed by atoms with Gasteiger partial charge in [0, 0.05) is 5.02 Å². The number of hydrogen-bond acceptors (Lipinski definition) is 1. The average molecular weight is 183 g/mol. The van der Waals surface area contributed by atoms with E-state index in [1.807, 2.05) is 24.3 Å². The molecule has 0 spiro atoms. The fourth-order valence-electron chi connectivity index (χ4n) is 1.06. The molecule has 1 aromatic carbocycles. The Kier molecular flexibility index (Phi) is 2.22. The first-order valence-electron chi connectivity index (χ1n) is 4.23. The summed E-state index contributed by atoms with van der Waals surface area (Å²) in [5.74, 6) is 1.68. The largest absolute Gasteiger partial charge is 0.493 e. The fourth-order valence-corrected chi connectivity index (χ4v) is 1.24. The van der Waals surface area contributed by atoms with Crippen LogP contribution in [0.3, 0.4) is 0 Å². The van der Waals surface area contributed by atoms with Crippen molar-refractivity contribution in [2.75, 3.05) is 6.61 Å². The van der Waals surface area contributed by atoms with Crippen LogP contribution in [0.2, 0.25) is 5.02 Å². The second kappa shape index (κ2) is 3.36. The zero-order chi connectivity index (χ0) is 8.39. The molecule has 0 saturated heterocycles. The molecule has 1 fully saturated rings. The van der Waals surface area contributed by atoms with Crippen LogP contribution in [-0.4, -0.2) is 6.61 Å². The predicted molar refractivity (Wildman–Crippen MR) is 49.7 cm³/mol. The predicted octanol–water partition coefficient (Wildman–Crippen LogP) is 3.13. The summed E-state index contributed by atoms with van der Waals surface area (Å²) in [6, 6.07) is 7.55. The van der Waals surface area contributed by atoms with Crippen molar-refractivity contribution < 1.29 is 4.74 Å². The quantitative estimate of drug-likeness (QED) is 0.698. The monoisotopic (exact) mass is 182 g/mol. The molecule has 0 aromatic heterocycles. The lowest BCUT2D eigenvalue weighted by Gasteiger charge is -2.04. The lowest BCUT2D eigenvalue weighted by molar-refractivity contribution is 0.300. The standard InChI is InChI=1S/C10H11ClO/c11-9-2-1-3-10(6-9)12-7-8-4-5-8/h1-3,6,8H,4-5,7H2. The van der Waals surface area contributed by atoms with Crippen molar-refractivity contribution in [1.29, 1.82) is 0 Å². The molecule has 0 N–H and O–H groups in total. The lowest BCUT2D eigenvalue weighted by atomic mass is 10.3. The van der Waals surface area contributed by atoms with Gasteiger partial charge in [0.1, 0.15) is 5.75 Å². The van der Waals surface area contributed by atoms with Crippen LogP contribution in [0.1, 0.15) is 12.8 Å². The smallest absolute Gasteiger partial charge is 0.120 e. The van der Waals surface area contributed by atoms with Crippen molar-refractivity contribution in [1.82, 2.24) is 0 Å². The van der Waals surface area contributed by atoms with Crippen LogP contribution < -0.4 is 4.74 Å². The van der Waals surface area contributed by atoms with Gasteiger partial charge >= 0.3 is 0 Å². The van der Waals surface area contributed by atoms with Crippen LogP contribution in [0.15, 0.2) is 24.3 Å². The second-order valence-electron chi connectivity index (χ2n) is 3.21. The molecule has 2 rings (SSSR count). The highest BCUT2D eigenvalue weighted by Gasteiger charge is 2.21. The van der Waals surface area contributed by atoms with E-state index in [0.29, 0.717) is 0 Å². The van der Waals surface area contributed by atoms with Crippen LogP contribution in [0.4, 0.5) is 0 Å². The first-order valence-corrected chi connectivity index (χ1v) is 4.61. The molecule has 0 amide bonds. The Morgan fingerprint density at radius 1 is 1.42 bits per heavy atom. The molecule has 1 aromatic rings. The van der Waals surface area contributed by atoms with Gasteiger partial charge in [0.25, 0.3) is 0 Å². The molecule has 1 aliphatic rings. The minimum absolute atomic E-state index is 0.739. The summed E-state index contributed by atoms with van der Waals surface area (Å²) in [5.41, 5.74) is 0. The molecule has 12 heavy (non-hydrogen) atoms. The Morgan fingerprint density at radius 3 is 2.92 bits per heavy atom. The van der Waals surface area contributed by atoms with Gasteiger partial charge in [0.15, 0.2) is 0 Å². The van der Waals surface area contributed by atoms with E-state index in [1.54, 1.807) is 0 Å². The van der Waals surface area contributed by atoms with E-state index in [-0.39, 0.29) is 0 Å². The maximum absolute atomic E-state index is 5.80. The Balaban J connectivity index is 1.92. The first kappa shape index (κ1) is 7.93. The zero-order valence-electron chi connectivity index (χ0n) is 6.79. The molecular formula is C10H11ClO. The minimum atomic E-state index is 0.739. The molecule has 0 atom stereocenters. The van der Waals surface area contributed by atoms with Crippen LogP contribution in [0.5, 0.6) is 5.75 Å². The van der Waals surface area contributed by atoms with Gasteiger partial charge in [0.2, 0.25) is 0 Å². The summed E-state index contributed by atoms with van der Waals surface area (Å²) in [7, 11) is 0. The minimum Gasteiger partial charge on any atom is -0.493 e. The number of hydrogen-bond donors (Lipinski definition) is 0. The van der Waals surface area contributed by atoms with Gasteiger partial charge in [-0.25, -0.2) is 0 Å². The Hall–Kier alpha value is -0.690. The van der Waals surface area contributed by atoms with Gasteiger partial charge in [-0.15, -0.1) is 0 Å². The van der Waals surface area contributed by atoms with E-state index in [2.05, 4.69) is 0 Å². The second-order valence-corrected chi connectivity index (χ2v) is 3.65. The molecule has 1 aliphatic carbocycles. The summed E-state index contributed by atoms with van der Waals surface area (Å²) in [6.07, 6.45) is 2.64. The third-order valence-corrected chi connectivity index (χ3v) is 2.21. The van der Waals surface area contributed by atoms with E-state index in [4.69, 9.17) is 16.3 Å². The summed E-state index contributed by atoms with van der Waals surface area (Å²) in [6.45, 7) is 0.848. The van der Waals surface area contributed by atoms with Crippen molar-refractivity contribution in [2.24, 2.45) is 5.92 Å². The number of benzene rings is 1. The number of ether oxygens (including phenoxy) is 1. The van der Waals surface area contributed by atoms with Gasteiger partial charge in [-0.1, -0.05) is 17.7 Å². The van der Waals surface area contributed by atoms with Gasteiger partial charge < -0.3 is 4.74 Å². The first-order chi connectivity index (χ1) is 5.84. The van der Waals surface area contributed by atoms with E-state index < -0.39 is 0 Å². The summed E-state index contributed by atoms with van der Waals surface area (Å²) in [4.78, 5) is 0. The average Bonchev–Trinajstić information content (AvgIpc) is 2.84. The maximum atomic E-state index is 5.80. The van der Waals surface area contributed by atoms with Crippen molar-refractivity contribution in [3.8, 4) is 5.75 Å².